The van der Waals surface area contributed by atoms with Crippen LogP contribution in [0.4, 0.5) is 0 Å². The first-order valence-electron chi connectivity index (χ1n) is 4.91. The van der Waals surface area contributed by atoms with Gasteiger partial charge in [0.25, 0.3) is 0 Å². The maximum Gasteiger partial charge on any atom is 2.00 e. The standard InChI is InChI=1S/C7H6O3.C3H6O3.Ca.ClH.Cu.Mg.H2O4S.16H2O/c8-6-4-2-1-3-5(6)7(9)10;1-2(4)3(5)6;;;;;1-5(2,3)4;;;;;;;;;;;;;;;;/h1-4,8H,(H,9,10);2,4H,1H3,(H,5,6);;1H;;;(H2,1,2,3,4);16*1H2/q;;+2;;+1;+2;;;;;;;;;;;;;;;;;/p-5. The number of aliphatic hydroxyl groups excluding tert-OH is 1. The number of hydrogen-bond donors (Lipinski definition) is 2. The molecule has 0 heterocycles. The summed E-state index contributed by atoms with van der Waals surface area (Å²) in [6, 6.07) is 5.64. The number of benzene rings is 1. The van der Waals surface area contributed by atoms with Crippen LogP contribution in [0, 0.1) is 0 Å². The molecule has 0 radical (unpaired) electrons. The summed E-state index contributed by atoms with van der Waals surface area (Å²) in [6.45, 7) is 1.13. The number of halogens is 1. The van der Waals surface area contributed by atoms with E-state index < -0.39 is 28.4 Å². The van der Waals surface area contributed by atoms with Crippen molar-refractivity contribution >= 4 is 83.1 Å². The van der Waals surface area contributed by atoms with Crippen molar-refractivity contribution in [3.63, 3.8) is 0 Å². The van der Waals surface area contributed by atoms with Gasteiger partial charge in [0, 0.05) is 16.0 Å². The molecule has 26 nitrogen and oxygen atoms in total. The third-order valence-corrected chi connectivity index (χ3v) is 1.47. The van der Waals surface area contributed by atoms with Crippen LogP contribution >= 0.6 is 0 Å². The second kappa shape index (κ2) is 97.3. The number of rotatable bonds is 2. The van der Waals surface area contributed by atoms with Crippen molar-refractivity contribution in [2.75, 3.05) is 0 Å². The average Bonchev–Trinajstić information content (AvgIpc) is 2.27. The Morgan fingerprint density at radius 2 is 0.878 bits per heavy atom. The Morgan fingerprint density at radius 1 is 0.707 bits per heavy atom. The molecule has 0 aliphatic heterocycles. The van der Waals surface area contributed by atoms with Gasteiger partial charge in [-0.15, -0.1) is 0 Å². The van der Waals surface area contributed by atoms with Gasteiger partial charge in [-0.2, -0.15) is 0 Å². The van der Waals surface area contributed by atoms with Crippen molar-refractivity contribution in [3.05, 3.63) is 29.8 Å². The first kappa shape index (κ1) is 182. The summed E-state index contributed by atoms with van der Waals surface area (Å²) >= 11 is 0. The SMILES string of the molecule is CC(O)C(=O)[O-].O.O.O.O.O.O.O.O.O.O.O.O.O.O.O.O.O=C([O-])c1ccccc1O.O=S(=O)([O-])[O-].[Ca+2].[Cl-].[Cu+].[Mg+2]. The van der Waals surface area contributed by atoms with Crippen LogP contribution in [-0.4, -0.2) is 194 Å². The molecule has 1 rings (SSSR count). The smallest absolute Gasteiger partial charge is 1.00 e. The Hall–Kier alpha value is -0.0145. The molecule has 0 aromatic heterocycles. The van der Waals surface area contributed by atoms with E-state index in [1.807, 2.05) is 0 Å². The molecule has 0 spiro atoms. The Labute approximate surface area is 294 Å². The van der Waals surface area contributed by atoms with Gasteiger partial charge >= 0.3 is 77.9 Å². The van der Waals surface area contributed by atoms with Crippen LogP contribution in [0.5, 0.6) is 5.75 Å². The van der Waals surface area contributed by atoms with Gasteiger partial charge < -0.3 is 139 Å². The van der Waals surface area contributed by atoms with Crippen LogP contribution in [0.3, 0.4) is 0 Å². The number of para-hydroxylation sites is 1. The summed E-state index contributed by atoms with van der Waals surface area (Å²) in [5, 5.41) is 36.3. The molecule has 0 fully saturated rings. The number of phenols is 1. The molecule has 266 valence electrons. The second-order valence-corrected chi connectivity index (χ2v) is 4.02. The van der Waals surface area contributed by atoms with Gasteiger partial charge in [-0.05, 0) is 19.1 Å². The molecule has 0 aliphatic carbocycles. The Balaban J connectivity index is -0.00000000548. The Kier molecular flexibility index (Phi) is 432. The number of aromatic hydroxyl groups is 1. The number of carbonyl (C=O) groups excluding carboxylic acids is 2. The molecule has 1 aromatic rings. The predicted octanol–water partition coefficient (Wildman–Crippen LogP) is -20.4. The van der Waals surface area contributed by atoms with E-state index in [9.17, 15) is 19.8 Å². The normalized spacial score (nSPS) is 5.66. The van der Waals surface area contributed by atoms with E-state index in [0.29, 0.717) is 0 Å². The summed E-state index contributed by atoms with van der Waals surface area (Å²) in [6.07, 6.45) is -1.34. The summed E-state index contributed by atoms with van der Waals surface area (Å²) in [4.78, 5) is 19.5. The van der Waals surface area contributed by atoms with Crippen LogP contribution in [0.1, 0.15) is 17.3 Å². The summed E-state index contributed by atoms with van der Waals surface area (Å²) in [5.74, 6) is -3.06. The Bertz CT molecular complexity index is 593. The number of aliphatic hydroxyl groups is 1. The molecule has 0 bridgehead atoms. The van der Waals surface area contributed by atoms with Crippen molar-refractivity contribution < 1.29 is 165 Å². The van der Waals surface area contributed by atoms with Crippen molar-refractivity contribution in [1.29, 1.82) is 0 Å². The van der Waals surface area contributed by atoms with Crippen molar-refractivity contribution in [2.24, 2.45) is 0 Å². The van der Waals surface area contributed by atoms with Crippen molar-refractivity contribution in [3.8, 4) is 5.75 Å². The molecule has 0 aliphatic rings. The molecule has 34 N–H and O–H groups in total. The minimum atomic E-state index is -5.17. The van der Waals surface area contributed by atoms with Crippen LogP contribution in [0.2, 0.25) is 0 Å². The summed E-state index contributed by atoms with van der Waals surface area (Å²) in [7, 11) is -5.17. The van der Waals surface area contributed by atoms with Gasteiger partial charge in [-0.1, -0.05) is 12.1 Å². The number of aromatic carboxylic acids is 1. The minimum absolute atomic E-state index is 0. The van der Waals surface area contributed by atoms with Gasteiger partial charge in [-0.3, -0.25) is 8.42 Å². The fraction of sp³-hybridized carbons (Fsp3) is 0.200. The molecule has 1 aromatic carbocycles. The third-order valence-electron chi connectivity index (χ3n) is 1.47. The van der Waals surface area contributed by atoms with Gasteiger partial charge in [0.05, 0.1) is 18.0 Å². The quantitative estimate of drug-likeness (QED) is 0.162. The van der Waals surface area contributed by atoms with Gasteiger partial charge in [0.15, 0.2) is 0 Å². The zero-order valence-corrected chi connectivity index (χ0v) is 26.7. The molecule has 41 heavy (non-hydrogen) atoms. The molecule has 0 amide bonds. The van der Waals surface area contributed by atoms with E-state index in [1.165, 1.54) is 18.2 Å². The fourth-order valence-electron chi connectivity index (χ4n) is 0.646. The molecule has 1 atom stereocenters. The molecule has 0 saturated heterocycles. The maximum absolute atomic E-state index is 10.2. The van der Waals surface area contributed by atoms with Crippen molar-refractivity contribution in [1.82, 2.24) is 0 Å². The number of aliphatic carboxylic acids is 1. The monoisotopic (exact) mass is 772 g/mol. The first-order chi connectivity index (χ1) is 9.36. The molecule has 31 heteroatoms. The maximum atomic E-state index is 10.2. The zero-order chi connectivity index (χ0) is 17.2. The van der Waals surface area contributed by atoms with Gasteiger partial charge in [0.2, 0.25) is 0 Å². The molecule has 0 saturated carbocycles. The second-order valence-electron chi connectivity index (χ2n) is 3.21. The zero-order valence-electron chi connectivity index (χ0n) is 20.5. The van der Waals surface area contributed by atoms with Crippen LogP contribution < -0.4 is 22.6 Å². The number of hydrogen-bond acceptors (Lipinski definition) is 10. The van der Waals surface area contributed by atoms with Gasteiger partial charge in [0.1, 0.15) is 5.75 Å². The first-order valence-corrected chi connectivity index (χ1v) is 6.24. The summed E-state index contributed by atoms with van der Waals surface area (Å²) < 4.78 is 34.1. The largest absolute Gasteiger partial charge is 2.00 e. The van der Waals surface area contributed by atoms with E-state index in [-0.39, 0.29) is 189 Å². The average molecular weight is 774 g/mol. The molecular weight excluding hydrogens is 732 g/mol. The van der Waals surface area contributed by atoms with E-state index in [0.717, 1.165) is 6.92 Å². The molecular formula is C10H42CaClCuMgO26S. The van der Waals surface area contributed by atoms with Gasteiger partial charge in [-0.25, -0.2) is 0 Å². The Morgan fingerprint density at radius 3 is 0.976 bits per heavy atom. The topological polar surface area (TPSA) is 705 Å². The van der Waals surface area contributed by atoms with E-state index in [1.54, 1.807) is 6.07 Å². The van der Waals surface area contributed by atoms with Crippen LogP contribution in [-0.2, 0) is 32.3 Å². The number of carboxylic acid groups (broad SMARTS) is 2. The van der Waals surface area contributed by atoms with Crippen molar-refractivity contribution in [2.45, 2.75) is 13.0 Å². The van der Waals surface area contributed by atoms with Crippen LogP contribution in [0.15, 0.2) is 24.3 Å². The third kappa shape index (κ3) is 160. The number of carbonyl (C=O) groups is 2. The van der Waals surface area contributed by atoms with E-state index in [4.69, 9.17) is 27.7 Å². The van der Waals surface area contributed by atoms with Crippen LogP contribution in [0.25, 0.3) is 0 Å². The fourth-order valence-corrected chi connectivity index (χ4v) is 0.646. The minimum Gasteiger partial charge on any atom is -1.00 e. The van der Waals surface area contributed by atoms with E-state index in [2.05, 4.69) is 0 Å². The van der Waals surface area contributed by atoms with E-state index >= 15 is 0 Å². The predicted molar refractivity (Wildman–Crippen MR) is 129 cm³/mol. The molecule has 1 unspecified atom stereocenters. The summed E-state index contributed by atoms with van der Waals surface area (Å²) in [5.41, 5.74) is -0.178. The number of carboxylic acids is 2.